The molecule has 0 saturated carbocycles. The van der Waals surface area contributed by atoms with Crippen LogP contribution in [0.2, 0.25) is 0 Å². The standard InChI is InChI=1S/C11H15NO/c1-9-7-13-8-11(12-9)10-5-3-2-4-6-10/h2-6,9,11-12H,7-8H2,1H3/t9-,11+/m1/s1. The number of benzene rings is 1. The maximum absolute atomic E-state index is 5.49. The molecule has 2 heteroatoms. The third-order valence-corrected chi connectivity index (χ3v) is 2.34. The van der Waals surface area contributed by atoms with E-state index in [1.54, 1.807) is 0 Å². The molecule has 0 aromatic heterocycles. The van der Waals surface area contributed by atoms with Crippen LogP contribution in [0.25, 0.3) is 0 Å². The van der Waals surface area contributed by atoms with Crippen molar-refractivity contribution in [2.45, 2.75) is 19.0 Å². The summed E-state index contributed by atoms with van der Waals surface area (Å²) in [6, 6.07) is 11.3. The third-order valence-electron chi connectivity index (χ3n) is 2.34. The fraction of sp³-hybridized carbons (Fsp3) is 0.455. The smallest absolute Gasteiger partial charge is 0.0662 e. The summed E-state index contributed by atoms with van der Waals surface area (Å²) in [5, 5.41) is 3.51. The summed E-state index contributed by atoms with van der Waals surface area (Å²) in [7, 11) is 0. The Balaban J connectivity index is 2.08. The van der Waals surface area contributed by atoms with Crippen LogP contribution < -0.4 is 5.32 Å². The van der Waals surface area contributed by atoms with Crippen LogP contribution in [0.15, 0.2) is 30.3 Å². The van der Waals surface area contributed by atoms with Crippen LogP contribution in [0.4, 0.5) is 0 Å². The maximum atomic E-state index is 5.49. The van der Waals surface area contributed by atoms with Gasteiger partial charge in [0, 0.05) is 6.04 Å². The van der Waals surface area contributed by atoms with Crippen molar-refractivity contribution in [3.63, 3.8) is 0 Å². The van der Waals surface area contributed by atoms with E-state index in [0.29, 0.717) is 12.1 Å². The van der Waals surface area contributed by atoms with Gasteiger partial charge in [0.2, 0.25) is 0 Å². The van der Waals surface area contributed by atoms with Gasteiger partial charge >= 0.3 is 0 Å². The van der Waals surface area contributed by atoms with E-state index in [1.807, 2.05) is 6.07 Å². The van der Waals surface area contributed by atoms with Gasteiger partial charge in [0.1, 0.15) is 0 Å². The van der Waals surface area contributed by atoms with Gasteiger partial charge in [0.05, 0.1) is 19.3 Å². The molecule has 1 aliphatic rings. The average molecular weight is 177 g/mol. The van der Waals surface area contributed by atoms with Crippen LogP contribution in [0.3, 0.4) is 0 Å². The number of ether oxygens (including phenoxy) is 1. The minimum absolute atomic E-state index is 0.366. The lowest BCUT2D eigenvalue weighted by Crippen LogP contribution is -2.41. The molecular weight excluding hydrogens is 162 g/mol. The maximum Gasteiger partial charge on any atom is 0.0662 e. The molecule has 0 unspecified atom stereocenters. The quantitative estimate of drug-likeness (QED) is 0.705. The van der Waals surface area contributed by atoms with Crippen LogP contribution in [0, 0.1) is 0 Å². The molecule has 1 N–H and O–H groups in total. The number of rotatable bonds is 1. The Bertz CT molecular complexity index is 260. The van der Waals surface area contributed by atoms with Crippen molar-refractivity contribution >= 4 is 0 Å². The number of hydrogen-bond acceptors (Lipinski definition) is 2. The molecule has 1 fully saturated rings. The highest BCUT2D eigenvalue weighted by molar-refractivity contribution is 5.19. The van der Waals surface area contributed by atoms with E-state index >= 15 is 0 Å². The van der Waals surface area contributed by atoms with Gasteiger partial charge in [0.25, 0.3) is 0 Å². The Kier molecular flexibility index (Phi) is 2.62. The van der Waals surface area contributed by atoms with E-state index < -0.39 is 0 Å². The van der Waals surface area contributed by atoms with Gasteiger partial charge in [-0.05, 0) is 12.5 Å². The second kappa shape index (κ2) is 3.90. The van der Waals surface area contributed by atoms with Gasteiger partial charge < -0.3 is 10.1 Å². The van der Waals surface area contributed by atoms with Crippen molar-refractivity contribution in [1.29, 1.82) is 0 Å². The van der Waals surface area contributed by atoms with Crippen LogP contribution >= 0.6 is 0 Å². The monoisotopic (exact) mass is 177 g/mol. The Morgan fingerprint density at radius 3 is 2.69 bits per heavy atom. The van der Waals surface area contributed by atoms with E-state index in [1.165, 1.54) is 5.56 Å². The molecule has 1 aromatic rings. The van der Waals surface area contributed by atoms with Crippen molar-refractivity contribution in [2.75, 3.05) is 13.2 Å². The summed E-state index contributed by atoms with van der Waals surface area (Å²) in [4.78, 5) is 0. The number of morpholine rings is 1. The molecule has 13 heavy (non-hydrogen) atoms. The summed E-state index contributed by atoms with van der Waals surface area (Å²) in [5.74, 6) is 0. The van der Waals surface area contributed by atoms with Crippen LogP contribution in [0.5, 0.6) is 0 Å². The minimum Gasteiger partial charge on any atom is -0.378 e. The van der Waals surface area contributed by atoms with Gasteiger partial charge in [-0.15, -0.1) is 0 Å². The SMILES string of the molecule is C[C@@H]1COC[C@@H](c2ccccc2)N1. The Labute approximate surface area is 78.9 Å². The summed E-state index contributed by atoms with van der Waals surface area (Å²) < 4.78 is 5.49. The second-order valence-corrected chi connectivity index (χ2v) is 3.57. The molecule has 70 valence electrons. The van der Waals surface area contributed by atoms with E-state index in [4.69, 9.17) is 4.74 Å². The fourth-order valence-corrected chi connectivity index (χ4v) is 1.68. The highest BCUT2D eigenvalue weighted by atomic mass is 16.5. The Morgan fingerprint density at radius 1 is 1.23 bits per heavy atom. The lowest BCUT2D eigenvalue weighted by molar-refractivity contribution is 0.0504. The molecule has 1 aromatic carbocycles. The van der Waals surface area contributed by atoms with Gasteiger partial charge in [0.15, 0.2) is 0 Å². The second-order valence-electron chi connectivity index (χ2n) is 3.57. The molecular formula is C11H15NO. The van der Waals surface area contributed by atoms with Crippen molar-refractivity contribution in [2.24, 2.45) is 0 Å². The van der Waals surface area contributed by atoms with Crippen LogP contribution in [0.1, 0.15) is 18.5 Å². The third kappa shape index (κ3) is 2.08. The summed E-state index contributed by atoms with van der Waals surface area (Å²) >= 11 is 0. The Hall–Kier alpha value is -0.860. The molecule has 0 amide bonds. The molecule has 1 saturated heterocycles. The van der Waals surface area contributed by atoms with Gasteiger partial charge in [-0.3, -0.25) is 0 Å². The predicted octanol–water partition coefficient (Wildman–Crippen LogP) is 1.74. The predicted molar refractivity (Wildman–Crippen MR) is 52.6 cm³/mol. The van der Waals surface area contributed by atoms with Crippen molar-refractivity contribution in [3.05, 3.63) is 35.9 Å². The van der Waals surface area contributed by atoms with Crippen molar-refractivity contribution < 1.29 is 4.74 Å². The zero-order valence-corrected chi connectivity index (χ0v) is 7.86. The average Bonchev–Trinajstić information content (AvgIpc) is 2.19. The molecule has 0 spiro atoms. The molecule has 0 bridgehead atoms. The highest BCUT2D eigenvalue weighted by Gasteiger charge is 2.18. The van der Waals surface area contributed by atoms with Crippen LogP contribution in [-0.4, -0.2) is 19.3 Å². The lowest BCUT2D eigenvalue weighted by Gasteiger charge is -2.29. The topological polar surface area (TPSA) is 21.3 Å². The molecule has 2 atom stereocenters. The normalized spacial score (nSPS) is 28.7. The first kappa shape index (κ1) is 8.73. The van der Waals surface area contributed by atoms with Gasteiger partial charge in [-0.2, -0.15) is 0 Å². The van der Waals surface area contributed by atoms with Gasteiger partial charge in [-0.1, -0.05) is 30.3 Å². The largest absolute Gasteiger partial charge is 0.378 e. The lowest BCUT2D eigenvalue weighted by atomic mass is 10.1. The van der Waals surface area contributed by atoms with E-state index in [2.05, 4.69) is 36.5 Å². The Morgan fingerprint density at radius 2 is 2.00 bits per heavy atom. The summed E-state index contributed by atoms with van der Waals surface area (Å²) in [6.07, 6.45) is 0. The van der Waals surface area contributed by atoms with Crippen LogP contribution in [-0.2, 0) is 4.74 Å². The highest BCUT2D eigenvalue weighted by Crippen LogP contribution is 2.16. The number of hydrogen-bond donors (Lipinski definition) is 1. The zero-order valence-electron chi connectivity index (χ0n) is 7.86. The first-order valence-electron chi connectivity index (χ1n) is 4.75. The molecule has 1 aliphatic heterocycles. The summed E-state index contributed by atoms with van der Waals surface area (Å²) in [6.45, 7) is 3.76. The van der Waals surface area contributed by atoms with E-state index in [-0.39, 0.29) is 0 Å². The van der Waals surface area contributed by atoms with Crippen molar-refractivity contribution in [1.82, 2.24) is 5.32 Å². The van der Waals surface area contributed by atoms with E-state index in [0.717, 1.165) is 13.2 Å². The molecule has 2 rings (SSSR count). The minimum atomic E-state index is 0.366. The number of nitrogens with one attached hydrogen (secondary N) is 1. The molecule has 1 heterocycles. The van der Waals surface area contributed by atoms with E-state index in [9.17, 15) is 0 Å². The molecule has 2 nitrogen and oxygen atoms in total. The summed E-state index contributed by atoms with van der Waals surface area (Å²) in [5.41, 5.74) is 1.31. The molecule has 0 aliphatic carbocycles. The zero-order chi connectivity index (χ0) is 9.10. The van der Waals surface area contributed by atoms with Crippen molar-refractivity contribution in [3.8, 4) is 0 Å². The van der Waals surface area contributed by atoms with Gasteiger partial charge in [-0.25, -0.2) is 0 Å². The molecule has 0 radical (unpaired) electrons. The first-order valence-corrected chi connectivity index (χ1v) is 4.75. The fourth-order valence-electron chi connectivity index (χ4n) is 1.68. The first-order chi connectivity index (χ1) is 6.36.